The minimum absolute atomic E-state index is 0.516. The predicted octanol–water partition coefficient (Wildman–Crippen LogP) is 2.01. The molecule has 0 spiro atoms. The number of aliphatic hydroxyl groups is 1. The van der Waals surface area contributed by atoms with Crippen LogP contribution in [0.1, 0.15) is 16.7 Å². The molecule has 0 fully saturated rings. The molecular formula is C9H9NO2S. The van der Waals surface area contributed by atoms with E-state index in [1.54, 1.807) is 18.7 Å². The molecule has 3 nitrogen and oxygen atoms in total. The third kappa shape index (κ3) is 1.96. The molecule has 0 aromatic carbocycles. The van der Waals surface area contributed by atoms with Crippen molar-refractivity contribution in [3.63, 3.8) is 0 Å². The van der Waals surface area contributed by atoms with Crippen molar-refractivity contribution in [2.75, 3.05) is 0 Å². The van der Waals surface area contributed by atoms with Crippen LogP contribution < -0.4 is 0 Å². The average Bonchev–Trinajstić information content (AvgIpc) is 2.74. The summed E-state index contributed by atoms with van der Waals surface area (Å²) in [7, 11) is 0. The maximum absolute atomic E-state index is 9.69. The average molecular weight is 195 g/mol. The molecule has 0 radical (unpaired) electrons. The van der Waals surface area contributed by atoms with Gasteiger partial charge in [0.15, 0.2) is 0 Å². The van der Waals surface area contributed by atoms with Crippen molar-refractivity contribution >= 4 is 11.3 Å². The van der Waals surface area contributed by atoms with E-state index in [9.17, 15) is 5.11 Å². The number of rotatable bonds is 3. The van der Waals surface area contributed by atoms with E-state index in [1.165, 1.54) is 11.3 Å². The minimum atomic E-state index is -0.516. The summed E-state index contributed by atoms with van der Waals surface area (Å²) in [6.45, 7) is 0. The maximum Gasteiger partial charge on any atom is 0.121 e. The Kier molecular flexibility index (Phi) is 2.42. The molecule has 1 atom stereocenters. The van der Waals surface area contributed by atoms with Gasteiger partial charge in [-0.2, -0.15) is 0 Å². The predicted molar refractivity (Wildman–Crippen MR) is 49.5 cm³/mol. The lowest BCUT2D eigenvalue weighted by molar-refractivity contribution is 0.177. The van der Waals surface area contributed by atoms with Crippen LogP contribution in [-0.4, -0.2) is 10.1 Å². The summed E-state index contributed by atoms with van der Waals surface area (Å²) in [6.07, 6.45) is 4.97. The van der Waals surface area contributed by atoms with Crippen LogP contribution in [0.3, 0.4) is 0 Å². The van der Waals surface area contributed by atoms with E-state index in [0.29, 0.717) is 6.42 Å². The zero-order chi connectivity index (χ0) is 9.10. The van der Waals surface area contributed by atoms with Crippen molar-refractivity contribution in [1.82, 2.24) is 4.98 Å². The van der Waals surface area contributed by atoms with Crippen molar-refractivity contribution in [2.45, 2.75) is 12.5 Å². The summed E-state index contributed by atoms with van der Waals surface area (Å²) < 4.78 is 4.90. The van der Waals surface area contributed by atoms with Gasteiger partial charge >= 0.3 is 0 Å². The smallest absolute Gasteiger partial charge is 0.121 e. The molecular weight excluding hydrogens is 186 g/mol. The molecule has 0 bridgehead atoms. The Morgan fingerprint density at radius 1 is 1.62 bits per heavy atom. The molecule has 0 amide bonds. The van der Waals surface area contributed by atoms with Crippen LogP contribution in [0.4, 0.5) is 0 Å². The second-order valence-corrected chi connectivity index (χ2v) is 3.65. The van der Waals surface area contributed by atoms with Crippen LogP contribution >= 0.6 is 11.3 Å². The molecule has 2 aromatic heterocycles. The summed E-state index contributed by atoms with van der Waals surface area (Å²) in [5.74, 6) is 0. The third-order valence-electron chi connectivity index (χ3n) is 1.75. The lowest BCUT2D eigenvalue weighted by Crippen LogP contribution is -1.99. The highest BCUT2D eigenvalue weighted by molar-refractivity contribution is 7.09. The topological polar surface area (TPSA) is 46.3 Å². The number of hydrogen-bond donors (Lipinski definition) is 1. The van der Waals surface area contributed by atoms with Crippen molar-refractivity contribution in [2.24, 2.45) is 0 Å². The fraction of sp³-hybridized carbons (Fsp3) is 0.222. The molecule has 1 unspecified atom stereocenters. The Bertz CT molecular complexity index is 342. The monoisotopic (exact) mass is 195 g/mol. The molecule has 2 rings (SSSR count). The molecule has 2 heterocycles. The Morgan fingerprint density at radius 3 is 3.15 bits per heavy atom. The van der Waals surface area contributed by atoms with Gasteiger partial charge in [-0.25, -0.2) is 4.98 Å². The highest BCUT2D eigenvalue weighted by Gasteiger charge is 2.11. The van der Waals surface area contributed by atoms with Gasteiger partial charge in [0.25, 0.3) is 0 Å². The standard InChI is InChI=1S/C9H9NO2S/c11-8(9-10-2-4-13-9)5-7-1-3-12-6-7/h1-4,6,8,11H,5H2. The van der Waals surface area contributed by atoms with Gasteiger partial charge in [0.05, 0.1) is 12.5 Å². The van der Waals surface area contributed by atoms with Crippen LogP contribution in [0.15, 0.2) is 34.6 Å². The summed E-state index contributed by atoms with van der Waals surface area (Å²) in [4.78, 5) is 4.03. The zero-order valence-corrected chi connectivity index (χ0v) is 7.70. The number of thiazole rings is 1. The van der Waals surface area contributed by atoms with Crippen LogP contribution in [0.25, 0.3) is 0 Å². The van der Waals surface area contributed by atoms with Gasteiger partial charge in [-0.15, -0.1) is 11.3 Å². The highest BCUT2D eigenvalue weighted by atomic mass is 32.1. The lowest BCUT2D eigenvalue weighted by Gasteiger charge is -2.03. The number of aromatic nitrogens is 1. The normalized spacial score (nSPS) is 13.0. The molecule has 4 heteroatoms. The van der Waals surface area contributed by atoms with Gasteiger partial charge in [0.2, 0.25) is 0 Å². The molecule has 68 valence electrons. The minimum Gasteiger partial charge on any atom is -0.472 e. The Balaban J connectivity index is 2.04. The molecule has 13 heavy (non-hydrogen) atoms. The van der Waals surface area contributed by atoms with E-state index in [4.69, 9.17) is 4.42 Å². The summed E-state index contributed by atoms with van der Waals surface area (Å²) in [6, 6.07) is 1.84. The van der Waals surface area contributed by atoms with Gasteiger partial charge in [0.1, 0.15) is 11.1 Å². The van der Waals surface area contributed by atoms with Crippen molar-refractivity contribution < 1.29 is 9.52 Å². The van der Waals surface area contributed by atoms with Crippen LogP contribution in [0.5, 0.6) is 0 Å². The number of hydrogen-bond acceptors (Lipinski definition) is 4. The van der Waals surface area contributed by atoms with E-state index < -0.39 is 6.10 Å². The summed E-state index contributed by atoms with van der Waals surface area (Å²) >= 11 is 1.46. The van der Waals surface area contributed by atoms with Gasteiger partial charge in [0, 0.05) is 18.0 Å². The molecule has 0 aliphatic heterocycles. The molecule has 1 N–H and O–H groups in total. The van der Waals surface area contributed by atoms with Crippen LogP contribution in [0, 0.1) is 0 Å². The highest BCUT2D eigenvalue weighted by Crippen LogP contribution is 2.19. The number of aliphatic hydroxyl groups excluding tert-OH is 1. The van der Waals surface area contributed by atoms with E-state index in [1.807, 2.05) is 11.4 Å². The largest absolute Gasteiger partial charge is 0.472 e. The summed E-state index contributed by atoms with van der Waals surface area (Å²) in [5.41, 5.74) is 0.989. The van der Waals surface area contributed by atoms with Gasteiger partial charge < -0.3 is 9.52 Å². The van der Waals surface area contributed by atoms with Crippen LogP contribution in [0.2, 0.25) is 0 Å². The first-order valence-corrected chi connectivity index (χ1v) is 4.83. The molecule has 0 saturated heterocycles. The van der Waals surface area contributed by atoms with Crippen LogP contribution in [-0.2, 0) is 6.42 Å². The van der Waals surface area contributed by atoms with Crippen molar-refractivity contribution in [1.29, 1.82) is 0 Å². The first-order chi connectivity index (χ1) is 6.36. The fourth-order valence-electron chi connectivity index (χ4n) is 1.12. The Morgan fingerprint density at radius 2 is 2.54 bits per heavy atom. The van der Waals surface area contributed by atoms with E-state index in [0.717, 1.165) is 10.6 Å². The first kappa shape index (κ1) is 8.47. The third-order valence-corrected chi connectivity index (χ3v) is 2.62. The second kappa shape index (κ2) is 3.72. The Labute approximate surface area is 79.7 Å². The molecule has 0 saturated carbocycles. The molecule has 2 aromatic rings. The first-order valence-electron chi connectivity index (χ1n) is 3.95. The van der Waals surface area contributed by atoms with Crippen molar-refractivity contribution in [3.8, 4) is 0 Å². The number of furan rings is 1. The summed E-state index contributed by atoms with van der Waals surface area (Å²) in [5, 5.41) is 12.3. The zero-order valence-electron chi connectivity index (χ0n) is 6.88. The van der Waals surface area contributed by atoms with Gasteiger partial charge in [-0.1, -0.05) is 0 Å². The lowest BCUT2D eigenvalue weighted by atomic mass is 10.1. The SMILES string of the molecule is OC(Cc1ccoc1)c1nccs1. The molecule has 0 aliphatic rings. The van der Waals surface area contributed by atoms with Gasteiger partial charge in [-0.05, 0) is 11.6 Å². The fourth-order valence-corrected chi connectivity index (χ4v) is 1.74. The van der Waals surface area contributed by atoms with E-state index in [-0.39, 0.29) is 0 Å². The molecule has 0 aliphatic carbocycles. The van der Waals surface area contributed by atoms with E-state index in [2.05, 4.69) is 4.98 Å². The number of nitrogens with zero attached hydrogens (tertiary/aromatic N) is 1. The van der Waals surface area contributed by atoms with Gasteiger partial charge in [-0.3, -0.25) is 0 Å². The second-order valence-electron chi connectivity index (χ2n) is 2.72. The Hall–Kier alpha value is -1.13. The quantitative estimate of drug-likeness (QED) is 0.814. The maximum atomic E-state index is 9.69. The van der Waals surface area contributed by atoms with E-state index >= 15 is 0 Å². The van der Waals surface area contributed by atoms with Crippen molar-refractivity contribution in [3.05, 3.63) is 40.7 Å².